The molecule has 10 heteroatoms. The van der Waals surface area contributed by atoms with Crippen molar-refractivity contribution in [2.24, 2.45) is 4.99 Å². The average molecular weight is 429 g/mol. The summed E-state index contributed by atoms with van der Waals surface area (Å²) in [5, 5.41) is 11.1. The first-order valence-corrected chi connectivity index (χ1v) is 10.0. The molecule has 0 saturated heterocycles. The van der Waals surface area contributed by atoms with Gasteiger partial charge in [-0.1, -0.05) is 23.5 Å². The van der Waals surface area contributed by atoms with Gasteiger partial charge in [-0.15, -0.1) is 0 Å². The van der Waals surface area contributed by atoms with Gasteiger partial charge in [0.05, 0.1) is 33.9 Å². The monoisotopic (exact) mass is 429 g/mol. The summed E-state index contributed by atoms with van der Waals surface area (Å²) in [6.07, 6.45) is 0. The maximum Gasteiger partial charge on any atom is 0.326 e. The number of nitro groups is 1. The number of non-ortho nitro benzene ring substituents is 1. The molecule has 0 saturated carbocycles. The summed E-state index contributed by atoms with van der Waals surface area (Å²) in [6, 6.07) is 11.0. The molecule has 0 spiro atoms. The second-order valence-electron chi connectivity index (χ2n) is 6.03. The van der Waals surface area contributed by atoms with Crippen molar-refractivity contribution in [3.63, 3.8) is 0 Å². The highest BCUT2D eigenvalue weighted by Crippen LogP contribution is 2.24. The van der Waals surface area contributed by atoms with Crippen LogP contribution in [0.4, 0.5) is 5.69 Å². The number of hydrogen-bond donors (Lipinski definition) is 0. The molecule has 156 valence electrons. The number of para-hydroxylation sites is 1. The van der Waals surface area contributed by atoms with E-state index in [0.717, 1.165) is 11.3 Å². The van der Waals surface area contributed by atoms with Crippen LogP contribution >= 0.6 is 11.3 Å². The number of carbonyl (C=O) groups excluding carboxylic acids is 2. The minimum Gasteiger partial charge on any atom is -0.493 e. The average Bonchev–Trinajstić information content (AvgIpc) is 3.05. The predicted octanol–water partition coefficient (Wildman–Crippen LogP) is 3.31. The van der Waals surface area contributed by atoms with Gasteiger partial charge in [0.25, 0.3) is 11.6 Å². The first-order valence-electron chi connectivity index (χ1n) is 9.18. The number of esters is 1. The number of amides is 1. The van der Waals surface area contributed by atoms with E-state index in [1.807, 2.05) is 6.92 Å². The van der Waals surface area contributed by atoms with Crippen molar-refractivity contribution in [2.75, 3.05) is 13.2 Å². The highest BCUT2D eigenvalue weighted by molar-refractivity contribution is 7.16. The highest BCUT2D eigenvalue weighted by Gasteiger charge is 2.17. The zero-order valence-corrected chi connectivity index (χ0v) is 17.2. The van der Waals surface area contributed by atoms with Gasteiger partial charge in [0.2, 0.25) is 0 Å². The molecule has 3 aromatic rings. The molecule has 0 aliphatic carbocycles. The molecule has 0 radical (unpaired) electrons. The van der Waals surface area contributed by atoms with Gasteiger partial charge in [-0.3, -0.25) is 19.7 Å². The summed E-state index contributed by atoms with van der Waals surface area (Å²) in [4.78, 5) is 39.9. The van der Waals surface area contributed by atoms with E-state index < -0.39 is 16.8 Å². The number of ether oxygens (including phenoxy) is 2. The fourth-order valence-corrected chi connectivity index (χ4v) is 3.88. The van der Waals surface area contributed by atoms with Gasteiger partial charge in [-0.2, -0.15) is 4.99 Å². The molecule has 30 heavy (non-hydrogen) atoms. The maximum atomic E-state index is 12.8. The van der Waals surface area contributed by atoms with Crippen molar-refractivity contribution >= 4 is 39.1 Å². The zero-order chi connectivity index (χ0) is 21.7. The summed E-state index contributed by atoms with van der Waals surface area (Å²) in [6.45, 7) is 3.92. The Morgan fingerprint density at radius 1 is 1.17 bits per heavy atom. The summed E-state index contributed by atoms with van der Waals surface area (Å²) in [7, 11) is 0. The van der Waals surface area contributed by atoms with Crippen LogP contribution in [-0.2, 0) is 16.1 Å². The lowest BCUT2D eigenvalue weighted by molar-refractivity contribution is -0.384. The molecule has 1 heterocycles. The Morgan fingerprint density at radius 3 is 2.63 bits per heavy atom. The molecule has 0 fully saturated rings. The summed E-state index contributed by atoms with van der Waals surface area (Å²) >= 11 is 1.08. The van der Waals surface area contributed by atoms with Crippen LogP contribution in [0, 0.1) is 10.1 Å². The third-order valence-corrected chi connectivity index (χ3v) is 5.13. The molecule has 9 nitrogen and oxygen atoms in total. The van der Waals surface area contributed by atoms with Crippen molar-refractivity contribution in [2.45, 2.75) is 20.4 Å². The smallest absolute Gasteiger partial charge is 0.326 e. The van der Waals surface area contributed by atoms with Crippen molar-refractivity contribution in [1.82, 2.24) is 4.57 Å². The van der Waals surface area contributed by atoms with E-state index >= 15 is 0 Å². The Kier molecular flexibility index (Phi) is 6.58. The number of carbonyl (C=O) groups is 2. The molecule has 1 amide bonds. The van der Waals surface area contributed by atoms with E-state index in [1.54, 1.807) is 31.2 Å². The standard InChI is InChI=1S/C20H19N3O6S/c1-3-28-16-8-6-5-7-14(16)19(25)21-20-22(12-18(24)29-4-2)15-10-9-13(23(26)27)11-17(15)30-20/h5-11H,3-4,12H2,1-2H3. The molecular formula is C20H19N3O6S. The van der Waals surface area contributed by atoms with E-state index in [4.69, 9.17) is 9.47 Å². The molecule has 2 aromatic carbocycles. The van der Waals surface area contributed by atoms with Crippen LogP contribution in [0.5, 0.6) is 5.75 Å². The molecule has 0 aliphatic heterocycles. The third-order valence-electron chi connectivity index (χ3n) is 4.08. The number of thiazole rings is 1. The fraction of sp³-hybridized carbons (Fsp3) is 0.250. The highest BCUT2D eigenvalue weighted by atomic mass is 32.1. The Labute approximate surface area is 175 Å². The summed E-state index contributed by atoms with van der Waals surface area (Å²) < 4.78 is 12.5. The second-order valence-corrected chi connectivity index (χ2v) is 7.04. The van der Waals surface area contributed by atoms with Crippen LogP contribution in [0.15, 0.2) is 47.5 Å². The molecule has 1 aromatic heterocycles. The molecule has 0 bridgehead atoms. The molecule has 3 rings (SSSR count). The predicted molar refractivity (Wildman–Crippen MR) is 111 cm³/mol. The van der Waals surface area contributed by atoms with E-state index in [9.17, 15) is 19.7 Å². The lowest BCUT2D eigenvalue weighted by Gasteiger charge is -2.07. The van der Waals surface area contributed by atoms with Gasteiger partial charge < -0.3 is 14.0 Å². The number of benzene rings is 2. The van der Waals surface area contributed by atoms with Crippen LogP contribution in [0.3, 0.4) is 0 Å². The maximum absolute atomic E-state index is 12.8. The Morgan fingerprint density at radius 2 is 1.93 bits per heavy atom. The van der Waals surface area contributed by atoms with Gasteiger partial charge >= 0.3 is 5.97 Å². The number of aromatic nitrogens is 1. The quantitative estimate of drug-likeness (QED) is 0.323. The number of fused-ring (bicyclic) bond motifs is 1. The Balaban J connectivity index is 2.14. The van der Waals surface area contributed by atoms with Crippen LogP contribution in [-0.4, -0.2) is 34.6 Å². The largest absolute Gasteiger partial charge is 0.493 e. The molecular weight excluding hydrogens is 410 g/mol. The lowest BCUT2D eigenvalue weighted by atomic mass is 10.2. The van der Waals surface area contributed by atoms with E-state index in [0.29, 0.717) is 22.6 Å². The number of hydrogen-bond acceptors (Lipinski definition) is 7. The minimum absolute atomic E-state index is 0.0911. The molecule has 0 aliphatic rings. The van der Waals surface area contributed by atoms with E-state index in [-0.39, 0.29) is 29.2 Å². The Hall–Kier alpha value is -3.53. The number of nitro benzene ring substituents is 1. The SMILES string of the molecule is CCOC(=O)Cn1c(=NC(=O)c2ccccc2OCC)sc2cc([N+](=O)[O-])ccc21. The van der Waals surface area contributed by atoms with Crippen LogP contribution in [0.25, 0.3) is 10.2 Å². The zero-order valence-electron chi connectivity index (χ0n) is 16.4. The van der Waals surface area contributed by atoms with Crippen molar-refractivity contribution in [3.05, 3.63) is 62.9 Å². The molecule has 0 N–H and O–H groups in total. The van der Waals surface area contributed by atoms with Crippen molar-refractivity contribution in [3.8, 4) is 5.75 Å². The van der Waals surface area contributed by atoms with Gasteiger partial charge in [0.15, 0.2) is 4.80 Å². The third kappa shape index (κ3) is 4.54. The van der Waals surface area contributed by atoms with Gasteiger partial charge in [0, 0.05) is 12.1 Å². The lowest BCUT2D eigenvalue weighted by Crippen LogP contribution is -2.23. The second kappa shape index (κ2) is 9.31. The van der Waals surface area contributed by atoms with E-state index in [1.165, 1.54) is 22.8 Å². The van der Waals surface area contributed by atoms with Crippen LogP contribution in [0.1, 0.15) is 24.2 Å². The van der Waals surface area contributed by atoms with Gasteiger partial charge in [-0.05, 0) is 32.0 Å². The van der Waals surface area contributed by atoms with Gasteiger partial charge in [-0.25, -0.2) is 0 Å². The Bertz CT molecular complexity index is 1180. The molecule has 0 atom stereocenters. The normalized spacial score (nSPS) is 11.5. The van der Waals surface area contributed by atoms with Gasteiger partial charge in [0.1, 0.15) is 12.3 Å². The molecule has 0 unspecified atom stereocenters. The van der Waals surface area contributed by atoms with Crippen molar-refractivity contribution in [1.29, 1.82) is 0 Å². The summed E-state index contributed by atoms with van der Waals surface area (Å²) in [5.41, 5.74) is 0.736. The topological polar surface area (TPSA) is 113 Å². The minimum atomic E-state index is -0.544. The van der Waals surface area contributed by atoms with E-state index in [2.05, 4.69) is 4.99 Å². The first kappa shape index (κ1) is 21.2. The summed E-state index contributed by atoms with van der Waals surface area (Å²) in [5.74, 6) is -0.640. The van der Waals surface area contributed by atoms with Crippen molar-refractivity contribution < 1.29 is 24.0 Å². The first-order chi connectivity index (χ1) is 14.4. The number of nitrogens with zero attached hydrogens (tertiary/aromatic N) is 3. The number of rotatable bonds is 7. The van der Waals surface area contributed by atoms with Crippen LogP contribution < -0.4 is 9.54 Å². The fourth-order valence-electron chi connectivity index (χ4n) is 2.82. The van der Waals surface area contributed by atoms with Crippen LogP contribution in [0.2, 0.25) is 0 Å².